The smallest absolute Gasteiger partial charge is 0.374 e. The third kappa shape index (κ3) is 3.94. The number of para-hydroxylation sites is 1. The van der Waals surface area contributed by atoms with Gasteiger partial charge >= 0.3 is 5.97 Å². The van der Waals surface area contributed by atoms with Gasteiger partial charge in [-0.1, -0.05) is 35.9 Å². The van der Waals surface area contributed by atoms with Crippen LogP contribution in [0.25, 0.3) is 0 Å². The van der Waals surface area contributed by atoms with Gasteiger partial charge in [-0.2, -0.15) is 0 Å². The first-order valence-corrected chi connectivity index (χ1v) is 7.62. The number of ether oxygens (including phenoxy) is 2. The predicted octanol–water partition coefficient (Wildman–Crippen LogP) is 4.26. The van der Waals surface area contributed by atoms with Gasteiger partial charge in [0.25, 0.3) is 0 Å². The van der Waals surface area contributed by atoms with Crippen LogP contribution in [0.3, 0.4) is 0 Å². The molecule has 0 amide bonds. The van der Waals surface area contributed by atoms with Crippen LogP contribution in [0.15, 0.2) is 65.4 Å². The fourth-order valence-corrected chi connectivity index (χ4v) is 2.22. The maximum Gasteiger partial charge on any atom is 0.374 e. The second-order valence-electron chi connectivity index (χ2n) is 4.91. The number of carbonyl (C=O) groups excluding carboxylic acids is 1. The average molecular weight is 344 g/mol. The van der Waals surface area contributed by atoms with Crippen LogP contribution in [-0.4, -0.2) is 11.0 Å². The largest absolute Gasteiger partial charge is 0.489 e. The SMILES string of the molecule is O=C(OCc1cccnc1Cl)c1occc1COc1ccccc1. The zero-order chi connectivity index (χ0) is 16.8. The highest BCUT2D eigenvalue weighted by Crippen LogP contribution is 2.18. The summed E-state index contributed by atoms with van der Waals surface area (Å²) >= 11 is 5.94. The van der Waals surface area contributed by atoms with Crippen molar-refractivity contribution in [2.75, 3.05) is 0 Å². The van der Waals surface area contributed by atoms with Crippen molar-refractivity contribution in [1.29, 1.82) is 0 Å². The van der Waals surface area contributed by atoms with Crippen molar-refractivity contribution in [2.45, 2.75) is 13.2 Å². The minimum atomic E-state index is -0.577. The van der Waals surface area contributed by atoms with E-state index in [1.807, 2.05) is 30.3 Å². The summed E-state index contributed by atoms with van der Waals surface area (Å²) in [5.41, 5.74) is 1.24. The number of aromatic nitrogens is 1. The van der Waals surface area contributed by atoms with E-state index in [2.05, 4.69) is 4.98 Å². The molecule has 0 aliphatic carbocycles. The first-order valence-electron chi connectivity index (χ1n) is 7.25. The Hall–Kier alpha value is -2.79. The molecule has 0 unspecified atom stereocenters. The Bertz CT molecular complexity index is 817. The summed E-state index contributed by atoms with van der Waals surface area (Å²) in [6, 6.07) is 14.5. The molecule has 0 fully saturated rings. The summed E-state index contributed by atoms with van der Waals surface area (Å²) in [5.74, 6) is 0.248. The average Bonchev–Trinajstić information content (AvgIpc) is 3.08. The van der Waals surface area contributed by atoms with Crippen LogP contribution in [-0.2, 0) is 18.0 Å². The molecule has 0 saturated carbocycles. The van der Waals surface area contributed by atoms with E-state index < -0.39 is 5.97 Å². The Balaban J connectivity index is 1.62. The molecule has 0 atom stereocenters. The molecule has 5 nitrogen and oxygen atoms in total. The van der Waals surface area contributed by atoms with Gasteiger partial charge in [0.15, 0.2) is 0 Å². The Morgan fingerprint density at radius 1 is 1.04 bits per heavy atom. The molecular formula is C18H14ClNO4. The number of furan rings is 1. The molecule has 1 aromatic carbocycles. The second kappa shape index (κ2) is 7.66. The van der Waals surface area contributed by atoms with E-state index in [0.717, 1.165) is 0 Å². The van der Waals surface area contributed by atoms with Crippen LogP contribution < -0.4 is 4.74 Å². The number of carbonyl (C=O) groups is 1. The molecule has 3 rings (SSSR count). The normalized spacial score (nSPS) is 10.4. The summed E-state index contributed by atoms with van der Waals surface area (Å²) in [6.07, 6.45) is 3.00. The van der Waals surface area contributed by atoms with E-state index in [1.165, 1.54) is 6.26 Å². The number of hydrogen-bond acceptors (Lipinski definition) is 5. The highest BCUT2D eigenvalue weighted by Gasteiger charge is 2.18. The van der Waals surface area contributed by atoms with E-state index in [9.17, 15) is 4.79 Å². The van der Waals surface area contributed by atoms with Crippen molar-refractivity contribution in [2.24, 2.45) is 0 Å². The molecule has 3 aromatic rings. The van der Waals surface area contributed by atoms with Crippen molar-refractivity contribution in [1.82, 2.24) is 4.98 Å². The lowest BCUT2D eigenvalue weighted by Gasteiger charge is -2.07. The van der Waals surface area contributed by atoms with Gasteiger partial charge in [0, 0.05) is 17.3 Å². The summed E-state index contributed by atoms with van der Waals surface area (Å²) in [5, 5.41) is 0.303. The highest BCUT2D eigenvalue weighted by molar-refractivity contribution is 6.30. The van der Waals surface area contributed by atoms with E-state index in [0.29, 0.717) is 22.0 Å². The van der Waals surface area contributed by atoms with Gasteiger partial charge < -0.3 is 13.9 Å². The van der Waals surface area contributed by atoms with Crippen molar-refractivity contribution >= 4 is 17.6 Å². The molecule has 2 aromatic heterocycles. The molecule has 122 valence electrons. The van der Waals surface area contributed by atoms with Gasteiger partial charge in [0.05, 0.1) is 6.26 Å². The van der Waals surface area contributed by atoms with E-state index in [1.54, 1.807) is 24.4 Å². The number of rotatable bonds is 6. The summed E-state index contributed by atoms with van der Waals surface area (Å²) < 4.78 is 16.1. The fraction of sp³-hybridized carbons (Fsp3) is 0.111. The second-order valence-corrected chi connectivity index (χ2v) is 5.26. The predicted molar refractivity (Wildman–Crippen MR) is 87.8 cm³/mol. The molecule has 6 heteroatoms. The number of nitrogens with zero attached hydrogens (tertiary/aromatic N) is 1. The zero-order valence-electron chi connectivity index (χ0n) is 12.6. The van der Waals surface area contributed by atoms with E-state index >= 15 is 0 Å². The Labute approximate surface area is 143 Å². The third-order valence-electron chi connectivity index (χ3n) is 3.26. The molecule has 24 heavy (non-hydrogen) atoms. The van der Waals surface area contributed by atoms with Crippen LogP contribution in [0.1, 0.15) is 21.7 Å². The molecule has 0 N–H and O–H groups in total. The van der Waals surface area contributed by atoms with Crippen LogP contribution in [0.5, 0.6) is 5.75 Å². The zero-order valence-corrected chi connectivity index (χ0v) is 13.4. The molecule has 0 bridgehead atoms. The van der Waals surface area contributed by atoms with Crippen molar-refractivity contribution in [3.63, 3.8) is 0 Å². The minimum absolute atomic E-state index is 0.0190. The fourth-order valence-electron chi connectivity index (χ4n) is 2.04. The van der Waals surface area contributed by atoms with Crippen molar-refractivity contribution in [3.8, 4) is 5.75 Å². The van der Waals surface area contributed by atoms with Gasteiger partial charge in [0.1, 0.15) is 24.1 Å². The quantitative estimate of drug-likeness (QED) is 0.494. The molecule has 0 spiro atoms. The van der Waals surface area contributed by atoms with Gasteiger partial charge in [-0.3, -0.25) is 0 Å². The number of hydrogen-bond donors (Lipinski definition) is 0. The molecular weight excluding hydrogens is 330 g/mol. The minimum Gasteiger partial charge on any atom is -0.489 e. The topological polar surface area (TPSA) is 61.6 Å². The maximum atomic E-state index is 12.2. The Morgan fingerprint density at radius 3 is 2.67 bits per heavy atom. The van der Waals surface area contributed by atoms with Gasteiger partial charge in [-0.05, 0) is 24.3 Å². The van der Waals surface area contributed by atoms with Gasteiger partial charge in [-0.15, -0.1) is 0 Å². The Kier molecular flexibility index (Phi) is 5.13. The first kappa shape index (κ1) is 16.1. The lowest BCUT2D eigenvalue weighted by atomic mass is 10.2. The van der Waals surface area contributed by atoms with E-state index in [-0.39, 0.29) is 19.0 Å². The number of esters is 1. The van der Waals surface area contributed by atoms with Gasteiger partial charge in [0.2, 0.25) is 5.76 Å². The highest BCUT2D eigenvalue weighted by atomic mass is 35.5. The third-order valence-corrected chi connectivity index (χ3v) is 3.61. The lowest BCUT2D eigenvalue weighted by molar-refractivity contribution is 0.0432. The molecule has 2 heterocycles. The van der Waals surface area contributed by atoms with Crippen LogP contribution in [0.4, 0.5) is 0 Å². The standard InChI is InChI=1S/C18H14ClNO4/c19-17-14(5-4-9-20-17)12-24-18(21)16-13(8-10-22-16)11-23-15-6-2-1-3-7-15/h1-10H,11-12H2. The molecule has 0 radical (unpaired) electrons. The number of halogens is 1. The van der Waals surface area contributed by atoms with E-state index in [4.69, 9.17) is 25.5 Å². The van der Waals surface area contributed by atoms with Crippen LogP contribution in [0.2, 0.25) is 5.15 Å². The Morgan fingerprint density at radius 2 is 1.88 bits per heavy atom. The van der Waals surface area contributed by atoms with Crippen molar-refractivity contribution in [3.05, 3.63) is 83.0 Å². The molecule has 0 saturated heterocycles. The summed E-state index contributed by atoms with van der Waals surface area (Å²) in [4.78, 5) is 16.1. The monoisotopic (exact) mass is 343 g/mol. The summed E-state index contributed by atoms with van der Waals surface area (Å²) in [6.45, 7) is 0.226. The van der Waals surface area contributed by atoms with Gasteiger partial charge in [-0.25, -0.2) is 9.78 Å². The van der Waals surface area contributed by atoms with Crippen molar-refractivity contribution < 1.29 is 18.7 Å². The lowest BCUT2D eigenvalue weighted by Crippen LogP contribution is -2.08. The first-order chi connectivity index (χ1) is 11.7. The van der Waals surface area contributed by atoms with Crippen LogP contribution >= 0.6 is 11.6 Å². The summed E-state index contributed by atoms with van der Waals surface area (Å²) in [7, 11) is 0. The number of pyridine rings is 1. The molecule has 0 aliphatic heterocycles. The number of benzene rings is 1. The van der Waals surface area contributed by atoms with Crippen LogP contribution in [0, 0.1) is 0 Å². The molecule has 0 aliphatic rings. The maximum absolute atomic E-state index is 12.2.